The first-order valence-corrected chi connectivity index (χ1v) is 10.5. The number of aromatic nitrogens is 1. The van der Waals surface area contributed by atoms with Gasteiger partial charge in [0.15, 0.2) is 6.61 Å². The zero-order valence-corrected chi connectivity index (χ0v) is 16.5. The van der Waals surface area contributed by atoms with Gasteiger partial charge in [-0.1, -0.05) is 37.5 Å². The minimum absolute atomic E-state index is 0.0940. The van der Waals surface area contributed by atoms with Crippen molar-refractivity contribution in [2.45, 2.75) is 63.8 Å². The highest BCUT2D eigenvalue weighted by Gasteiger charge is 2.28. The molecule has 1 heterocycles. The molecule has 2 aliphatic carbocycles. The zero-order chi connectivity index (χ0) is 19.5. The molecule has 2 aliphatic rings. The zero-order valence-electron chi connectivity index (χ0n) is 16.5. The van der Waals surface area contributed by atoms with E-state index in [1.165, 1.54) is 19.3 Å². The van der Waals surface area contributed by atoms with E-state index in [-0.39, 0.29) is 18.6 Å². The number of benzene rings is 1. The van der Waals surface area contributed by atoms with Crippen LogP contribution < -0.4 is 0 Å². The van der Waals surface area contributed by atoms with Gasteiger partial charge in [-0.15, -0.1) is 0 Å². The lowest BCUT2D eigenvalue weighted by Gasteiger charge is -2.33. The molecule has 5 nitrogen and oxygen atoms in total. The summed E-state index contributed by atoms with van der Waals surface area (Å²) in [6.07, 6.45) is 7.91. The standard InChI is InChI=1S/C23H28N2O3/c1-2-25(17-8-4-3-5-9-17)22(26)15-28-23(27)19-14-21(16-12-13-16)24-20-11-7-6-10-18(19)20/h6-7,10-11,14,16-17H,2-5,8-9,12-13,15H2,1H3. The van der Waals surface area contributed by atoms with Gasteiger partial charge in [0.25, 0.3) is 5.91 Å². The van der Waals surface area contributed by atoms with Crippen LogP contribution in [0.25, 0.3) is 10.9 Å². The van der Waals surface area contributed by atoms with Crippen molar-refractivity contribution in [2.75, 3.05) is 13.2 Å². The lowest BCUT2D eigenvalue weighted by molar-refractivity contribution is -0.137. The van der Waals surface area contributed by atoms with Crippen LogP contribution >= 0.6 is 0 Å². The van der Waals surface area contributed by atoms with Gasteiger partial charge in [0.05, 0.1) is 11.1 Å². The van der Waals surface area contributed by atoms with E-state index in [2.05, 4.69) is 0 Å². The predicted molar refractivity (Wildman–Crippen MR) is 108 cm³/mol. The van der Waals surface area contributed by atoms with Crippen LogP contribution in [-0.2, 0) is 9.53 Å². The first kappa shape index (κ1) is 18.9. The normalized spacial score (nSPS) is 17.5. The van der Waals surface area contributed by atoms with Crippen molar-refractivity contribution in [3.8, 4) is 0 Å². The second-order valence-corrected chi connectivity index (χ2v) is 7.93. The molecule has 5 heteroatoms. The Bertz CT molecular complexity index is 869. The number of carbonyl (C=O) groups is 2. The average Bonchev–Trinajstić information content (AvgIpc) is 3.58. The van der Waals surface area contributed by atoms with Crippen molar-refractivity contribution in [3.63, 3.8) is 0 Å². The molecule has 1 aromatic heterocycles. The highest BCUT2D eigenvalue weighted by molar-refractivity contribution is 6.04. The molecule has 0 bridgehead atoms. The molecular formula is C23H28N2O3. The summed E-state index contributed by atoms with van der Waals surface area (Å²) in [4.78, 5) is 32.1. The van der Waals surface area contributed by atoms with E-state index in [0.29, 0.717) is 18.0 Å². The van der Waals surface area contributed by atoms with Crippen LogP contribution in [0.2, 0.25) is 0 Å². The highest BCUT2D eigenvalue weighted by atomic mass is 16.5. The molecular weight excluding hydrogens is 352 g/mol. The molecule has 4 rings (SSSR count). The second kappa shape index (κ2) is 8.29. The van der Waals surface area contributed by atoms with Crippen LogP contribution in [0.4, 0.5) is 0 Å². The largest absolute Gasteiger partial charge is 0.452 e. The lowest BCUT2D eigenvalue weighted by Crippen LogP contribution is -2.43. The van der Waals surface area contributed by atoms with Crippen LogP contribution in [0.1, 0.15) is 73.8 Å². The Hall–Kier alpha value is -2.43. The fourth-order valence-electron chi connectivity index (χ4n) is 4.27. The number of pyridine rings is 1. The second-order valence-electron chi connectivity index (χ2n) is 7.93. The van der Waals surface area contributed by atoms with Gasteiger partial charge in [0, 0.05) is 29.6 Å². The van der Waals surface area contributed by atoms with E-state index in [9.17, 15) is 9.59 Å². The summed E-state index contributed by atoms with van der Waals surface area (Å²) in [5.74, 6) is -0.0863. The molecule has 0 spiro atoms. The summed E-state index contributed by atoms with van der Waals surface area (Å²) >= 11 is 0. The summed E-state index contributed by atoms with van der Waals surface area (Å²) < 4.78 is 5.47. The summed E-state index contributed by atoms with van der Waals surface area (Å²) in [6.45, 7) is 2.45. The molecule has 0 atom stereocenters. The van der Waals surface area contributed by atoms with Crippen LogP contribution in [-0.4, -0.2) is 41.0 Å². The Labute approximate surface area is 166 Å². The maximum absolute atomic E-state index is 12.8. The van der Waals surface area contributed by atoms with Crippen LogP contribution in [0.5, 0.6) is 0 Å². The Morgan fingerprint density at radius 2 is 1.86 bits per heavy atom. The number of fused-ring (bicyclic) bond motifs is 1. The Balaban J connectivity index is 1.48. The van der Waals surface area contributed by atoms with Crippen LogP contribution in [0.3, 0.4) is 0 Å². The number of ether oxygens (including phenoxy) is 1. The molecule has 2 fully saturated rings. The third-order valence-electron chi connectivity index (χ3n) is 5.95. The van der Waals surface area contributed by atoms with E-state index in [1.807, 2.05) is 42.2 Å². The molecule has 2 aromatic rings. The maximum Gasteiger partial charge on any atom is 0.339 e. The number of rotatable bonds is 6. The van der Waals surface area contributed by atoms with Crippen molar-refractivity contribution in [1.82, 2.24) is 9.88 Å². The number of amides is 1. The predicted octanol–water partition coefficient (Wildman–Crippen LogP) is 4.45. The van der Waals surface area contributed by atoms with Crippen molar-refractivity contribution < 1.29 is 14.3 Å². The summed E-state index contributed by atoms with van der Waals surface area (Å²) in [7, 11) is 0. The summed E-state index contributed by atoms with van der Waals surface area (Å²) in [6, 6.07) is 9.76. The summed E-state index contributed by atoms with van der Waals surface area (Å²) in [5.41, 5.74) is 2.28. The smallest absolute Gasteiger partial charge is 0.339 e. The molecule has 0 N–H and O–H groups in total. The van der Waals surface area contributed by atoms with E-state index in [1.54, 1.807) is 0 Å². The van der Waals surface area contributed by atoms with E-state index >= 15 is 0 Å². The molecule has 1 aromatic carbocycles. The molecule has 0 aliphatic heterocycles. The molecule has 148 valence electrons. The third-order valence-corrected chi connectivity index (χ3v) is 5.95. The maximum atomic E-state index is 12.8. The number of hydrogen-bond acceptors (Lipinski definition) is 4. The fraction of sp³-hybridized carbons (Fsp3) is 0.522. The molecule has 1 amide bonds. The van der Waals surface area contributed by atoms with E-state index < -0.39 is 5.97 Å². The van der Waals surface area contributed by atoms with Crippen LogP contribution in [0, 0.1) is 0 Å². The minimum Gasteiger partial charge on any atom is -0.452 e. The van der Waals surface area contributed by atoms with Gasteiger partial charge < -0.3 is 9.64 Å². The van der Waals surface area contributed by atoms with Gasteiger partial charge in [-0.25, -0.2) is 4.79 Å². The SMILES string of the molecule is CCN(C(=O)COC(=O)c1cc(C2CC2)nc2ccccc12)C1CCCCC1. The van der Waals surface area contributed by atoms with Crippen LogP contribution in [0.15, 0.2) is 30.3 Å². The first-order valence-electron chi connectivity index (χ1n) is 10.5. The quantitative estimate of drug-likeness (QED) is 0.695. The number of likely N-dealkylation sites (N-methyl/N-ethyl adjacent to an activating group) is 1. The summed E-state index contributed by atoms with van der Waals surface area (Å²) in [5, 5.41) is 0.781. The number of nitrogens with zero attached hydrogens (tertiary/aromatic N) is 2. The Kier molecular flexibility index (Phi) is 5.60. The van der Waals surface area contributed by atoms with Gasteiger partial charge in [-0.3, -0.25) is 9.78 Å². The monoisotopic (exact) mass is 380 g/mol. The average molecular weight is 380 g/mol. The van der Waals surface area contributed by atoms with E-state index in [0.717, 1.165) is 42.3 Å². The van der Waals surface area contributed by atoms with Crippen molar-refractivity contribution in [3.05, 3.63) is 41.6 Å². The van der Waals surface area contributed by atoms with E-state index in [4.69, 9.17) is 9.72 Å². The number of para-hydroxylation sites is 1. The molecule has 0 saturated heterocycles. The number of esters is 1. The molecule has 28 heavy (non-hydrogen) atoms. The molecule has 0 radical (unpaired) electrons. The number of carbonyl (C=O) groups excluding carboxylic acids is 2. The third kappa shape index (κ3) is 4.03. The van der Waals surface area contributed by atoms with Gasteiger partial charge in [-0.05, 0) is 44.7 Å². The highest BCUT2D eigenvalue weighted by Crippen LogP contribution is 2.40. The van der Waals surface area contributed by atoms with Gasteiger partial charge >= 0.3 is 5.97 Å². The van der Waals surface area contributed by atoms with Gasteiger partial charge in [-0.2, -0.15) is 0 Å². The Morgan fingerprint density at radius 3 is 2.57 bits per heavy atom. The first-order chi connectivity index (χ1) is 13.7. The topological polar surface area (TPSA) is 59.5 Å². The molecule has 0 unspecified atom stereocenters. The minimum atomic E-state index is -0.437. The van der Waals surface area contributed by atoms with Gasteiger partial charge in [0.2, 0.25) is 0 Å². The fourth-order valence-corrected chi connectivity index (χ4v) is 4.27. The van der Waals surface area contributed by atoms with Gasteiger partial charge in [0.1, 0.15) is 0 Å². The molecule has 2 saturated carbocycles. The number of hydrogen-bond donors (Lipinski definition) is 0. The van der Waals surface area contributed by atoms with Crippen molar-refractivity contribution in [2.24, 2.45) is 0 Å². The Morgan fingerprint density at radius 1 is 1.11 bits per heavy atom. The lowest BCUT2D eigenvalue weighted by atomic mass is 9.94. The van der Waals surface area contributed by atoms with Crippen molar-refractivity contribution >= 4 is 22.8 Å². The van der Waals surface area contributed by atoms with Crippen molar-refractivity contribution in [1.29, 1.82) is 0 Å².